The van der Waals surface area contributed by atoms with Gasteiger partial charge in [-0.1, -0.05) is 57.2 Å². The van der Waals surface area contributed by atoms with Crippen molar-refractivity contribution in [1.82, 2.24) is 13.7 Å². The van der Waals surface area contributed by atoms with Crippen molar-refractivity contribution in [2.45, 2.75) is 64.8 Å². The number of rotatable bonds is 12. The SMILES string of the molecule is CCCCCCCCS(=O)(=O)N1CCN(c2nc(Cc3ccccc3[N+](=O)[O-])ns2)C(C)C1. The first-order chi connectivity index (χ1) is 15.8. The van der Waals surface area contributed by atoms with Crippen LogP contribution in [-0.4, -0.2) is 58.4 Å². The lowest BCUT2D eigenvalue weighted by Crippen LogP contribution is -2.54. The summed E-state index contributed by atoms with van der Waals surface area (Å²) in [6.45, 7) is 5.58. The number of anilines is 1. The smallest absolute Gasteiger partial charge is 0.273 e. The quantitative estimate of drug-likeness (QED) is 0.246. The molecule has 1 fully saturated rings. The minimum absolute atomic E-state index is 0.0232. The van der Waals surface area contributed by atoms with Gasteiger partial charge < -0.3 is 4.90 Å². The molecule has 1 aromatic carbocycles. The van der Waals surface area contributed by atoms with Gasteiger partial charge in [0, 0.05) is 55.3 Å². The number of unbranched alkanes of at least 4 members (excludes halogenated alkanes) is 5. The molecule has 1 unspecified atom stereocenters. The average Bonchev–Trinajstić information content (AvgIpc) is 3.24. The molecule has 1 atom stereocenters. The van der Waals surface area contributed by atoms with Crippen molar-refractivity contribution in [1.29, 1.82) is 0 Å². The molecule has 33 heavy (non-hydrogen) atoms. The Morgan fingerprint density at radius 1 is 1.15 bits per heavy atom. The standard InChI is InChI=1S/C22H33N5O4S2/c1-3-4-5-6-7-10-15-33(30,31)25-13-14-26(18(2)17-25)22-23-21(24-32-22)16-19-11-8-9-12-20(19)27(28)29/h8-9,11-12,18H,3-7,10,13-17H2,1-2H3. The molecule has 1 aliphatic heterocycles. The summed E-state index contributed by atoms with van der Waals surface area (Å²) < 4.78 is 31.6. The summed E-state index contributed by atoms with van der Waals surface area (Å²) in [7, 11) is -3.25. The van der Waals surface area contributed by atoms with E-state index >= 15 is 0 Å². The Labute approximate surface area is 200 Å². The van der Waals surface area contributed by atoms with Gasteiger partial charge in [-0.25, -0.2) is 13.4 Å². The van der Waals surface area contributed by atoms with Gasteiger partial charge in [-0.15, -0.1) is 0 Å². The van der Waals surface area contributed by atoms with Crippen molar-refractivity contribution >= 4 is 32.4 Å². The molecule has 0 aliphatic carbocycles. The summed E-state index contributed by atoms with van der Waals surface area (Å²) in [6, 6.07) is 6.58. The third kappa shape index (κ3) is 6.94. The number of hydrogen-bond acceptors (Lipinski definition) is 8. The summed E-state index contributed by atoms with van der Waals surface area (Å²) in [5.41, 5.74) is 0.636. The van der Waals surface area contributed by atoms with Gasteiger partial charge >= 0.3 is 0 Å². The maximum Gasteiger partial charge on any atom is 0.273 e. The van der Waals surface area contributed by atoms with Crippen LogP contribution in [-0.2, 0) is 16.4 Å². The Bertz CT molecular complexity index is 1030. The maximum absolute atomic E-state index is 12.8. The molecule has 2 aromatic rings. The third-order valence-corrected chi connectivity index (χ3v) is 8.69. The highest BCUT2D eigenvalue weighted by molar-refractivity contribution is 7.89. The van der Waals surface area contributed by atoms with Gasteiger partial charge in [-0.05, 0) is 13.3 Å². The summed E-state index contributed by atoms with van der Waals surface area (Å²) in [5, 5.41) is 12.0. The van der Waals surface area contributed by atoms with Crippen LogP contribution in [0.5, 0.6) is 0 Å². The van der Waals surface area contributed by atoms with Crippen LogP contribution in [0.25, 0.3) is 0 Å². The van der Waals surface area contributed by atoms with E-state index in [0.717, 1.165) is 18.0 Å². The predicted octanol–water partition coefficient (Wildman–Crippen LogP) is 4.24. The normalized spacial score (nSPS) is 17.4. The van der Waals surface area contributed by atoms with E-state index in [1.807, 2.05) is 6.92 Å². The number of piperazine rings is 1. The zero-order valence-corrected chi connectivity index (χ0v) is 21.0. The van der Waals surface area contributed by atoms with Crippen LogP contribution < -0.4 is 4.90 Å². The van der Waals surface area contributed by atoms with Gasteiger partial charge in [0.15, 0.2) is 0 Å². The fourth-order valence-electron chi connectivity index (χ4n) is 4.10. The fraction of sp³-hybridized carbons (Fsp3) is 0.636. The highest BCUT2D eigenvalue weighted by Crippen LogP contribution is 2.26. The van der Waals surface area contributed by atoms with Crippen LogP contribution in [0.2, 0.25) is 0 Å². The van der Waals surface area contributed by atoms with Crippen LogP contribution in [0.1, 0.15) is 63.8 Å². The average molecular weight is 496 g/mol. The van der Waals surface area contributed by atoms with Gasteiger partial charge in [-0.2, -0.15) is 8.68 Å². The molecule has 0 N–H and O–H groups in total. The van der Waals surface area contributed by atoms with E-state index in [4.69, 9.17) is 0 Å². The van der Waals surface area contributed by atoms with Crippen LogP contribution in [0.4, 0.5) is 10.8 Å². The Hall–Kier alpha value is -2.11. The first-order valence-corrected chi connectivity index (χ1v) is 14.0. The Morgan fingerprint density at radius 3 is 2.61 bits per heavy atom. The first kappa shape index (κ1) is 25.5. The number of sulfonamides is 1. The second kappa shape index (κ2) is 11.8. The molecule has 1 saturated heterocycles. The fourth-order valence-corrected chi connectivity index (χ4v) is 6.54. The summed E-state index contributed by atoms with van der Waals surface area (Å²) in [5.74, 6) is 0.750. The van der Waals surface area contributed by atoms with Crippen molar-refractivity contribution in [3.8, 4) is 0 Å². The predicted molar refractivity (Wildman–Crippen MR) is 131 cm³/mol. The molecule has 0 amide bonds. The summed E-state index contributed by atoms with van der Waals surface area (Å²) in [6.07, 6.45) is 6.62. The van der Waals surface area contributed by atoms with Crippen LogP contribution in [0.15, 0.2) is 24.3 Å². The summed E-state index contributed by atoms with van der Waals surface area (Å²) >= 11 is 1.25. The van der Waals surface area contributed by atoms with Gasteiger partial charge in [0.05, 0.1) is 10.7 Å². The highest BCUT2D eigenvalue weighted by atomic mass is 32.2. The first-order valence-electron chi connectivity index (χ1n) is 11.6. The number of hydrogen-bond donors (Lipinski definition) is 0. The van der Waals surface area contributed by atoms with Crippen molar-refractivity contribution in [3.63, 3.8) is 0 Å². The molecular weight excluding hydrogens is 462 g/mol. The Kier molecular flexibility index (Phi) is 9.16. The highest BCUT2D eigenvalue weighted by Gasteiger charge is 2.32. The lowest BCUT2D eigenvalue weighted by Gasteiger charge is -2.38. The zero-order chi connectivity index (χ0) is 23.8. The number of nitro groups is 1. The molecule has 182 valence electrons. The van der Waals surface area contributed by atoms with Crippen molar-refractivity contribution < 1.29 is 13.3 Å². The second-order valence-corrected chi connectivity index (χ2v) is 11.4. The topological polar surface area (TPSA) is 110 Å². The summed E-state index contributed by atoms with van der Waals surface area (Å²) in [4.78, 5) is 17.5. The lowest BCUT2D eigenvalue weighted by atomic mass is 10.1. The van der Waals surface area contributed by atoms with Crippen LogP contribution in [0.3, 0.4) is 0 Å². The Balaban J connectivity index is 1.55. The zero-order valence-electron chi connectivity index (χ0n) is 19.4. The minimum Gasteiger partial charge on any atom is -0.342 e. The van der Waals surface area contributed by atoms with E-state index in [-0.39, 0.29) is 23.9 Å². The third-order valence-electron chi connectivity index (χ3n) is 5.98. The van der Waals surface area contributed by atoms with Gasteiger partial charge in [0.1, 0.15) is 5.82 Å². The number of para-hydroxylation sites is 1. The van der Waals surface area contributed by atoms with Crippen molar-refractivity contribution in [2.24, 2.45) is 0 Å². The number of benzene rings is 1. The second-order valence-electron chi connectivity index (χ2n) is 8.54. The Morgan fingerprint density at radius 2 is 1.88 bits per heavy atom. The van der Waals surface area contributed by atoms with Gasteiger partial charge in [0.2, 0.25) is 15.2 Å². The van der Waals surface area contributed by atoms with Gasteiger partial charge in [0.25, 0.3) is 5.69 Å². The molecule has 11 heteroatoms. The molecule has 1 aliphatic rings. The van der Waals surface area contributed by atoms with E-state index in [2.05, 4.69) is 21.2 Å². The van der Waals surface area contributed by atoms with E-state index in [9.17, 15) is 18.5 Å². The molecule has 0 radical (unpaired) electrons. The van der Waals surface area contributed by atoms with Crippen molar-refractivity contribution in [2.75, 3.05) is 30.3 Å². The van der Waals surface area contributed by atoms with E-state index in [1.165, 1.54) is 36.9 Å². The molecular formula is C22H33N5O4S2. The monoisotopic (exact) mass is 495 g/mol. The van der Waals surface area contributed by atoms with Crippen LogP contribution in [0, 0.1) is 10.1 Å². The minimum atomic E-state index is -3.25. The van der Waals surface area contributed by atoms with Crippen molar-refractivity contribution in [3.05, 3.63) is 45.8 Å². The molecule has 0 saturated carbocycles. The number of nitro benzene ring substituents is 1. The molecule has 9 nitrogen and oxygen atoms in total. The molecule has 3 rings (SSSR count). The molecule has 2 heterocycles. The van der Waals surface area contributed by atoms with E-state index in [1.54, 1.807) is 22.5 Å². The van der Waals surface area contributed by atoms with E-state index in [0.29, 0.717) is 37.4 Å². The largest absolute Gasteiger partial charge is 0.342 e. The molecule has 0 bridgehead atoms. The van der Waals surface area contributed by atoms with Crippen LogP contribution >= 0.6 is 11.5 Å². The number of nitrogens with zero attached hydrogens (tertiary/aromatic N) is 5. The molecule has 0 spiro atoms. The van der Waals surface area contributed by atoms with E-state index < -0.39 is 14.9 Å². The number of aromatic nitrogens is 2. The maximum atomic E-state index is 12.8. The lowest BCUT2D eigenvalue weighted by molar-refractivity contribution is -0.385. The van der Waals surface area contributed by atoms with Gasteiger partial charge in [-0.3, -0.25) is 10.1 Å². The molecule has 1 aromatic heterocycles.